The van der Waals surface area contributed by atoms with Crippen molar-refractivity contribution in [2.45, 2.75) is 63.4 Å². The average Bonchev–Trinajstić information content (AvgIpc) is 3.57. The van der Waals surface area contributed by atoms with Crippen LogP contribution >= 0.6 is 0 Å². The molecule has 36 heavy (non-hydrogen) atoms. The molecule has 4 fully saturated rings. The molecule has 0 spiro atoms. The number of hydrogen-bond acceptors (Lipinski definition) is 7. The molecule has 3 aliphatic heterocycles. The first-order valence-corrected chi connectivity index (χ1v) is 13.2. The standard InChI is InChI=1S/C27H38N4O5/c1-17(2)14-21(27(34)31-15-23(35-3)25-24(31)22(32)16-36-25)28-26(33)18-4-6-19(7-5-18)29-10-12-30(13-11-29)20-8-9-20/h4-7,17,20-21,23-25H,8-16H2,1-3H3,(H,28,33)/t21-,23+,24+,25+/m0/s1. The number of ether oxygens (including phenoxy) is 2. The number of nitrogens with zero attached hydrogens (tertiary/aromatic N) is 3. The monoisotopic (exact) mass is 498 g/mol. The maximum Gasteiger partial charge on any atom is 0.251 e. The van der Waals surface area contributed by atoms with E-state index in [1.165, 1.54) is 12.8 Å². The van der Waals surface area contributed by atoms with Crippen LogP contribution < -0.4 is 10.2 Å². The molecule has 4 aliphatic rings. The van der Waals surface area contributed by atoms with Gasteiger partial charge in [0.15, 0.2) is 5.78 Å². The highest BCUT2D eigenvalue weighted by Crippen LogP contribution is 2.31. The smallest absolute Gasteiger partial charge is 0.251 e. The van der Waals surface area contributed by atoms with Crippen LogP contribution in [0.1, 0.15) is 43.5 Å². The van der Waals surface area contributed by atoms with Gasteiger partial charge in [0.2, 0.25) is 5.91 Å². The number of Topliss-reactive ketones (excluding diaryl/α,β-unsaturated/α-hetero) is 1. The predicted octanol–water partition coefficient (Wildman–Crippen LogP) is 1.31. The zero-order valence-corrected chi connectivity index (χ0v) is 21.5. The van der Waals surface area contributed by atoms with Gasteiger partial charge in [0.1, 0.15) is 30.9 Å². The van der Waals surface area contributed by atoms with E-state index in [9.17, 15) is 14.4 Å². The first-order chi connectivity index (χ1) is 17.4. The third-order valence-electron chi connectivity index (χ3n) is 7.91. The van der Waals surface area contributed by atoms with Crippen LogP contribution in [-0.4, -0.2) is 104 Å². The van der Waals surface area contributed by atoms with Gasteiger partial charge >= 0.3 is 0 Å². The summed E-state index contributed by atoms with van der Waals surface area (Å²) in [5.74, 6) is -0.470. The SMILES string of the molecule is CO[C@@H]1CN(C(=O)[C@H](CC(C)C)NC(=O)c2ccc(N3CCN(C4CC4)CC3)cc2)[C@@H]2C(=O)CO[C@@H]21. The number of benzene rings is 1. The molecule has 3 heterocycles. The van der Waals surface area contributed by atoms with Crippen LogP contribution in [0.15, 0.2) is 24.3 Å². The summed E-state index contributed by atoms with van der Waals surface area (Å²) in [6, 6.07) is 7.07. The third kappa shape index (κ3) is 5.14. The fraction of sp³-hybridized carbons (Fsp3) is 0.667. The minimum Gasteiger partial charge on any atom is -0.377 e. The number of likely N-dealkylation sites (tertiary alicyclic amines) is 1. The van der Waals surface area contributed by atoms with Gasteiger partial charge in [0.05, 0.1) is 6.54 Å². The van der Waals surface area contributed by atoms with Crippen LogP contribution in [0.25, 0.3) is 0 Å². The Hall–Kier alpha value is -2.49. The first-order valence-electron chi connectivity index (χ1n) is 13.2. The van der Waals surface area contributed by atoms with E-state index in [1.807, 2.05) is 38.1 Å². The second-order valence-corrected chi connectivity index (χ2v) is 10.9. The number of rotatable bonds is 8. The lowest BCUT2D eigenvalue weighted by atomic mass is 10.0. The number of carbonyl (C=O) groups is 3. The number of nitrogens with one attached hydrogen (secondary N) is 1. The van der Waals surface area contributed by atoms with E-state index in [0.29, 0.717) is 12.0 Å². The highest BCUT2D eigenvalue weighted by molar-refractivity contribution is 5.99. The van der Waals surface area contributed by atoms with Gasteiger partial charge in [-0.05, 0) is 49.4 Å². The van der Waals surface area contributed by atoms with Crippen molar-refractivity contribution in [1.29, 1.82) is 0 Å². The number of anilines is 1. The highest BCUT2D eigenvalue weighted by atomic mass is 16.5. The number of hydrogen-bond donors (Lipinski definition) is 1. The number of carbonyl (C=O) groups excluding carboxylic acids is 3. The zero-order valence-electron chi connectivity index (χ0n) is 21.5. The Morgan fingerprint density at radius 1 is 1.11 bits per heavy atom. The predicted molar refractivity (Wildman–Crippen MR) is 135 cm³/mol. The summed E-state index contributed by atoms with van der Waals surface area (Å²) >= 11 is 0. The molecule has 1 saturated carbocycles. The van der Waals surface area contributed by atoms with E-state index in [4.69, 9.17) is 9.47 Å². The first kappa shape index (κ1) is 25.2. The molecule has 0 bridgehead atoms. The summed E-state index contributed by atoms with van der Waals surface area (Å²) in [5, 5.41) is 2.95. The molecule has 4 atom stereocenters. The zero-order chi connectivity index (χ0) is 25.4. The fourth-order valence-corrected chi connectivity index (χ4v) is 5.79. The van der Waals surface area contributed by atoms with Crippen molar-refractivity contribution in [2.24, 2.45) is 5.92 Å². The summed E-state index contributed by atoms with van der Waals surface area (Å²) in [7, 11) is 1.56. The molecule has 9 nitrogen and oxygen atoms in total. The average molecular weight is 499 g/mol. The normalized spacial score (nSPS) is 27.4. The highest BCUT2D eigenvalue weighted by Gasteiger charge is 2.53. The molecule has 5 rings (SSSR count). The van der Waals surface area contributed by atoms with Gasteiger partial charge in [-0.15, -0.1) is 0 Å². The fourth-order valence-electron chi connectivity index (χ4n) is 5.79. The summed E-state index contributed by atoms with van der Waals surface area (Å²) in [4.78, 5) is 45.7. The van der Waals surface area contributed by atoms with Crippen molar-refractivity contribution in [1.82, 2.24) is 15.1 Å². The number of piperazine rings is 1. The Labute approximate surface area is 213 Å². The topological polar surface area (TPSA) is 91.4 Å². The van der Waals surface area contributed by atoms with E-state index in [-0.39, 0.29) is 42.8 Å². The molecular formula is C27H38N4O5. The Morgan fingerprint density at radius 3 is 2.42 bits per heavy atom. The maximum absolute atomic E-state index is 13.6. The molecule has 2 amide bonds. The molecule has 9 heteroatoms. The van der Waals surface area contributed by atoms with Crippen LogP contribution in [-0.2, 0) is 19.1 Å². The molecule has 1 N–H and O–H groups in total. The van der Waals surface area contributed by atoms with Crippen molar-refractivity contribution >= 4 is 23.3 Å². The van der Waals surface area contributed by atoms with Gasteiger partial charge in [-0.2, -0.15) is 0 Å². The van der Waals surface area contributed by atoms with Gasteiger partial charge in [0.25, 0.3) is 5.91 Å². The van der Waals surface area contributed by atoms with Gasteiger partial charge in [-0.25, -0.2) is 0 Å². The number of ketones is 1. The Bertz CT molecular complexity index is 971. The lowest BCUT2D eigenvalue weighted by Crippen LogP contribution is -2.52. The summed E-state index contributed by atoms with van der Waals surface area (Å²) in [6.45, 7) is 8.46. The summed E-state index contributed by atoms with van der Waals surface area (Å²) in [5.41, 5.74) is 1.64. The van der Waals surface area contributed by atoms with Gasteiger partial charge in [-0.1, -0.05) is 13.8 Å². The molecule has 0 radical (unpaired) electrons. The summed E-state index contributed by atoms with van der Waals surface area (Å²) < 4.78 is 11.1. The summed E-state index contributed by atoms with van der Waals surface area (Å²) in [6.07, 6.45) is 2.36. The quantitative estimate of drug-likeness (QED) is 0.578. The van der Waals surface area contributed by atoms with Crippen molar-refractivity contribution in [3.8, 4) is 0 Å². The van der Waals surface area contributed by atoms with Gasteiger partial charge in [0, 0.05) is 50.6 Å². The van der Waals surface area contributed by atoms with Crippen LogP contribution in [0.3, 0.4) is 0 Å². The Balaban J connectivity index is 1.23. The molecule has 1 aromatic carbocycles. The number of methoxy groups -OCH3 is 1. The van der Waals surface area contributed by atoms with E-state index < -0.39 is 18.2 Å². The molecule has 0 aromatic heterocycles. The minimum absolute atomic E-state index is 0.0117. The minimum atomic E-state index is -0.725. The van der Waals surface area contributed by atoms with Crippen LogP contribution in [0, 0.1) is 5.92 Å². The second kappa shape index (κ2) is 10.5. The lowest BCUT2D eigenvalue weighted by Gasteiger charge is -2.36. The van der Waals surface area contributed by atoms with Gasteiger partial charge in [-0.3, -0.25) is 19.3 Å². The molecular weight excluding hydrogens is 460 g/mol. The second-order valence-electron chi connectivity index (χ2n) is 10.9. The van der Waals surface area contributed by atoms with E-state index in [0.717, 1.165) is 37.9 Å². The van der Waals surface area contributed by atoms with E-state index >= 15 is 0 Å². The largest absolute Gasteiger partial charge is 0.377 e. The van der Waals surface area contributed by atoms with Crippen molar-refractivity contribution in [3.63, 3.8) is 0 Å². The Kier molecular flexibility index (Phi) is 7.32. The van der Waals surface area contributed by atoms with E-state index in [2.05, 4.69) is 15.1 Å². The number of fused-ring (bicyclic) bond motifs is 1. The molecule has 1 aliphatic carbocycles. The molecule has 3 saturated heterocycles. The number of amides is 2. The third-order valence-corrected chi connectivity index (χ3v) is 7.91. The van der Waals surface area contributed by atoms with Crippen LogP contribution in [0.2, 0.25) is 0 Å². The Morgan fingerprint density at radius 2 is 1.81 bits per heavy atom. The molecule has 0 unspecified atom stereocenters. The lowest BCUT2D eigenvalue weighted by molar-refractivity contribution is -0.138. The van der Waals surface area contributed by atoms with Crippen LogP contribution in [0.5, 0.6) is 0 Å². The van der Waals surface area contributed by atoms with Gasteiger partial charge < -0.3 is 24.6 Å². The van der Waals surface area contributed by atoms with Crippen molar-refractivity contribution < 1.29 is 23.9 Å². The maximum atomic E-state index is 13.6. The van der Waals surface area contributed by atoms with Crippen molar-refractivity contribution in [3.05, 3.63) is 29.8 Å². The molecule has 196 valence electrons. The van der Waals surface area contributed by atoms with E-state index in [1.54, 1.807) is 12.0 Å². The van der Waals surface area contributed by atoms with Crippen LogP contribution in [0.4, 0.5) is 5.69 Å². The molecule has 1 aromatic rings. The van der Waals surface area contributed by atoms with Crippen molar-refractivity contribution in [2.75, 3.05) is 51.3 Å².